The Morgan fingerprint density at radius 1 is 0.667 bits per heavy atom. The first-order valence-corrected chi connectivity index (χ1v) is 14.4. The maximum atomic E-state index is 12.1. The highest BCUT2D eigenvalue weighted by atomic mass is 16.5. The lowest BCUT2D eigenvalue weighted by molar-refractivity contribution is -0.137. The maximum absolute atomic E-state index is 12.1. The fourth-order valence-corrected chi connectivity index (χ4v) is 5.38. The third-order valence-electron chi connectivity index (χ3n) is 7.77. The quantitative estimate of drug-likeness (QED) is 0.109. The molecule has 4 nitrogen and oxygen atoms in total. The largest absolute Gasteiger partial charge is 0.426 e. The van der Waals surface area contributed by atoms with Crippen LogP contribution in [0.15, 0.2) is 91.5 Å². The van der Waals surface area contributed by atoms with E-state index in [9.17, 15) is 9.59 Å². The van der Waals surface area contributed by atoms with Crippen LogP contribution in [-0.4, -0.2) is 11.9 Å². The number of ether oxygens (including phenoxy) is 2. The summed E-state index contributed by atoms with van der Waals surface area (Å²) >= 11 is 0. The third-order valence-corrected chi connectivity index (χ3v) is 7.77. The van der Waals surface area contributed by atoms with Gasteiger partial charge in [0, 0.05) is 5.57 Å². The van der Waals surface area contributed by atoms with Gasteiger partial charge in [0.05, 0.1) is 5.92 Å². The number of carbonyl (C=O) groups is 2. The Bertz CT molecular complexity index is 1760. The predicted octanol–water partition coefficient (Wildman–Crippen LogP) is 9.23. The van der Waals surface area contributed by atoms with E-state index in [4.69, 9.17) is 9.47 Å². The summed E-state index contributed by atoms with van der Waals surface area (Å²) in [7, 11) is 0. The van der Waals surface area contributed by atoms with Gasteiger partial charge in [0.1, 0.15) is 11.5 Å². The smallest absolute Gasteiger partial charge is 0.338 e. The van der Waals surface area contributed by atoms with E-state index in [0.29, 0.717) is 17.1 Å². The lowest BCUT2D eigenvalue weighted by Gasteiger charge is -2.13. The van der Waals surface area contributed by atoms with E-state index in [1.807, 2.05) is 50.2 Å². The number of aryl methyl sites for hydroxylation is 2. The minimum Gasteiger partial charge on any atom is -0.426 e. The number of hydrogen-bond acceptors (Lipinski definition) is 4. The molecule has 4 aromatic rings. The lowest BCUT2D eigenvalue weighted by Crippen LogP contribution is -2.14. The first kappa shape index (κ1) is 28.8. The highest BCUT2D eigenvalue weighted by Gasteiger charge is 2.24. The summed E-state index contributed by atoms with van der Waals surface area (Å²) in [6, 6.07) is 24.7. The summed E-state index contributed by atoms with van der Waals surface area (Å²) in [5.41, 5.74) is 12.6. The third kappa shape index (κ3) is 5.45. The minimum atomic E-state index is -0.424. The fourth-order valence-electron chi connectivity index (χ4n) is 5.38. The number of rotatable bonds is 8. The van der Waals surface area contributed by atoms with Gasteiger partial charge in [-0.05, 0) is 117 Å². The molecule has 0 heterocycles. The summed E-state index contributed by atoms with van der Waals surface area (Å²) < 4.78 is 11.0. The predicted molar refractivity (Wildman–Crippen MR) is 171 cm³/mol. The van der Waals surface area contributed by atoms with Crippen molar-refractivity contribution < 1.29 is 19.1 Å². The summed E-state index contributed by atoms with van der Waals surface area (Å²) in [5, 5.41) is 0. The number of carbonyl (C=O) groups excluding carboxylic acids is 2. The van der Waals surface area contributed by atoms with Gasteiger partial charge in [-0.1, -0.05) is 77.3 Å². The van der Waals surface area contributed by atoms with E-state index in [0.717, 1.165) is 62.9 Å². The van der Waals surface area contributed by atoms with Crippen molar-refractivity contribution in [2.45, 2.75) is 47.5 Å². The summed E-state index contributed by atoms with van der Waals surface area (Å²) in [4.78, 5) is 24.1. The second-order valence-electron chi connectivity index (χ2n) is 11.1. The van der Waals surface area contributed by atoms with Crippen LogP contribution in [0.25, 0.3) is 39.0 Å². The molecule has 0 aliphatic heterocycles. The zero-order valence-corrected chi connectivity index (χ0v) is 25.0. The van der Waals surface area contributed by atoms with E-state index >= 15 is 0 Å². The highest BCUT2D eigenvalue weighted by molar-refractivity contribution is 6.02. The van der Waals surface area contributed by atoms with E-state index < -0.39 is 5.97 Å². The molecular weight excluding hydrogens is 520 g/mol. The van der Waals surface area contributed by atoms with Crippen LogP contribution in [0.4, 0.5) is 0 Å². The molecule has 0 N–H and O–H groups in total. The van der Waals surface area contributed by atoms with Gasteiger partial charge in [0.15, 0.2) is 0 Å². The van der Waals surface area contributed by atoms with Crippen LogP contribution in [0.2, 0.25) is 0 Å². The van der Waals surface area contributed by atoms with Gasteiger partial charge in [-0.25, -0.2) is 4.79 Å². The van der Waals surface area contributed by atoms with Crippen LogP contribution < -0.4 is 9.47 Å². The van der Waals surface area contributed by atoms with Gasteiger partial charge in [-0.2, -0.15) is 0 Å². The molecule has 0 saturated heterocycles. The molecule has 5 rings (SSSR count). The number of esters is 2. The van der Waals surface area contributed by atoms with Gasteiger partial charge in [-0.15, -0.1) is 0 Å². The Labute approximate surface area is 248 Å². The zero-order chi connectivity index (χ0) is 30.1. The first-order valence-electron chi connectivity index (χ1n) is 14.4. The molecule has 0 atom stereocenters. The van der Waals surface area contributed by atoms with Crippen molar-refractivity contribution in [2.24, 2.45) is 5.92 Å². The molecule has 4 heteroatoms. The first-order chi connectivity index (χ1) is 20.1. The van der Waals surface area contributed by atoms with Crippen molar-refractivity contribution in [3.8, 4) is 44.9 Å². The highest BCUT2D eigenvalue weighted by Crippen LogP contribution is 2.46. The Hall–Kier alpha value is -4.70. The molecule has 0 fully saturated rings. The van der Waals surface area contributed by atoms with Crippen molar-refractivity contribution in [1.29, 1.82) is 0 Å². The molecule has 0 radical (unpaired) electrons. The molecule has 0 amide bonds. The van der Waals surface area contributed by atoms with E-state index in [1.165, 1.54) is 11.1 Å². The lowest BCUT2D eigenvalue weighted by atomic mass is 9.94. The minimum absolute atomic E-state index is 0.182. The number of hydrogen-bond donors (Lipinski definition) is 0. The molecule has 1 aliphatic carbocycles. The van der Waals surface area contributed by atoms with Crippen LogP contribution in [0.5, 0.6) is 11.5 Å². The van der Waals surface area contributed by atoms with Crippen molar-refractivity contribution in [2.75, 3.05) is 0 Å². The Balaban J connectivity index is 1.46. The molecule has 4 aromatic carbocycles. The second-order valence-corrected chi connectivity index (χ2v) is 11.1. The van der Waals surface area contributed by atoms with Gasteiger partial charge < -0.3 is 9.47 Å². The van der Waals surface area contributed by atoms with Crippen LogP contribution in [0, 0.1) is 5.92 Å². The topological polar surface area (TPSA) is 52.6 Å². The van der Waals surface area contributed by atoms with Crippen LogP contribution in [0.3, 0.4) is 0 Å². The molecule has 0 spiro atoms. The van der Waals surface area contributed by atoms with Gasteiger partial charge in [0.25, 0.3) is 0 Å². The Morgan fingerprint density at radius 3 is 1.55 bits per heavy atom. The molecular formula is C38H36O4. The summed E-state index contributed by atoms with van der Waals surface area (Å²) in [6.07, 6.45) is 1.61. The fraction of sp³-hybridized carbons (Fsp3) is 0.211. The average molecular weight is 557 g/mol. The molecule has 42 heavy (non-hydrogen) atoms. The number of fused-ring (bicyclic) bond motifs is 3. The standard InChI is InChI=1S/C38H36O4/c1-8-25-18-29(41-37(39)22(3)4)12-16-31(25)27-10-14-33-34-15-11-28(21-36(34)24(7)35(33)20-27)32-17-13-30(19-26(32)9-2)42-38(40)23(5)6/h10-21,23H,3,7-9H2,1-2,4-6H3. The maximum Gasteiger partial charge on any atom is 0.338 e. The van der Waals surface area contributed by atoms with E-state index in [-0.39, 0.29) is 11.9 Å². The summed E-state index contributed by atoms with van der Waals surface area (Å²) in [6.45, 7) is 17.7. The molecule has 0 aromatic heterocycles. The van der Waals surface area contributed by atoms with Crippen LogP contribution >= 0.6 is 0 Å². The normalized spacial score (nSPS) is 11.7. The zero-order valence-electron chi connectivity index (χ0n) is 25.0. The van der Waals surface area contributed by atoms with Crippen molar-refractivity contribution in [3.63, 3.8) is 0 Å². The molecule has 1 aliphatic rings. The molecule has 212 valence electrons. The monoisotopic (exact) mass is 556 g/mol. The van der Waals surface area contributed by atoms with E-state index in [1.54, 1.807) is 6.92 Å². The van der Waals surface area contributed by atoms with Crippen molar-refractivity contribution in [1.82, 2.24) is 0 Å². The van der Waals surface area contributed by atoms with E-state index in [2.05, 4.69) is 63.4 Å². The number of benzene rings is 4. The van der Waals surface area contributed by atoms with Gasteiger partial charge in [-0.3, -0.25) is 4.79 Å². The Morgan fingerprint density at radius 2 is 1.12 bits per heavy atom. The van der Waals surface area contributed by atoms with Crippen molar-refractivity contribution in [3.05, 3.63) is 114 Å². The summed E-state index contributed by atoms with van der Waals surface area (Å²) in [5.74, 6) is 0.259. The van der Waals surface area contributed by atoms with Crippen LogP contribution in [-0.2, 0) is 22.4 Å². The molecule has 0 saturated carbocycles. The molecule has 0 unspecified atom stereocenters. The van der Waals surface area contributed by atoms with Gasteiger partial charge >= 0.3 is 11.9 Å². The van der Waals surface area contributed by atoms with Crippen LogP contribution in [0.1, 0.15) is 56.9 Å². The second kappa shape index (κ2) is 11.7. The SMILES string of the molecule is C=C(C)C(=O)Oc1ccc(-c2ccc3c(c2)C(=C)c2cc(-c4ccc(OC(=O)C(C)C)cc4CC)ccc2-3)c(CC)c1. The molecule has 0 bridgehead atoms. The van der Waals surface area contributed by atoms with Gasteiger partial charge in [0.2, 0.25) is 0 Å². The van der Waals surface area contributed by atoms with Crippen molar-refractivity contribution >= 4 is 17.5 Å². The Kier molecular flexibility index (Phi) is 8.00. The average Bonchev–Trinajstić information content (AvgIpc) is 3.27.